The van der Waals surface area contributed by atoms with Crippen LogP contribution in [0.3, 0.4) is 0 Å². The Bertz CT molecular complexity index is 557. The summed E-state index contributed by atoms with van der Waals surface area (Å²) < 4.78 is 12.7. The molecule has 2 aromatic heterocycles. The third-order valence-corrected chi connectivity index (χ3v) is 3.06. The Morgan fingerprint density at radius 1 is 1.26 bits per heavy atom. The molecule has 1 atom stereocenters. The highest BCUT2D eigenvalue weighted by Gasteiger charge is 2.19. The first-order valence-electron chi connectivity index (χ1n) is 5.88. The summed E-state index contributed by atoms with van der Waals surface area (Å²) in [6.07, 6.45) is 4.61. The van der Waals surface area contributed by atoms with Crippen LogP contribution in [0.4, 0.5) is 4.39 Å². The van der Waals surface area contributed by atoms with Crippen LogP contribution in [0.1, 0.15) is 28.9 Å². The molecule has 5 heteroatoms. The topological polar surface area (TPSA) is 46.1 Å². The van der Waals surface area contributed by atoms with Crippen molar-refractivity contribution in [1.29, 1.82) is 0 Å². The summed E-state index contributed by atoms with van der Waals surface area (Å²) in [7, 11) is 1.71. The van der Waals surface area contributed by atoms with E-state index in [9.17, 15) is 9.18 Å². The van der Waals surface area contributed by atoms with Crippen LogP contribution in [0.5, 0.6) is 0 Å². The molecule has 98 valence electrons. The number of halogens is 1. The molecule has 0 bridgehead atoms. The molecule has 2 rings (SSSR count). The molecule has 0 aliphatic rings. The molecule has 0 aliphatic carbocycles. The number of nitrogens with zero attached hydrogens (tertiary/aromatic N) is 3. The van der Waals surface area contributed by atoms with Gasteiger partial charge in [0, 0.05) is 25.6 Å². The predicted octanol–water partition coefficient (Wildman–Crippen LogP) is 2.45. The van der Waals surface area contributed by atoms with Gasteiger partial charge in [-0.2, -0.15) is 4.39 Å². The van der Waals surface area contributed by atoms with Crippen LogP contribution in [0.15, 0.2) is 42.9 Å². The minimum Gasteiger partial charge on any atom is -0.335 e. The lowest BCUT2D eigenvalue weighted by Crippen LogP contribution is -2.29. The summed E-state index contributed by atoms with van der Waals surface area (Å²) in [5, 5.41) is 0. The van der Waals surface area contributed by atoms with E-state index >= 15 is 0 Å². The lowest BCUT2D eigenvalue weighted by atomic mass is 10.1. The fraction of sp³-hybridized carbons (Fsp3) is 0.214. The largest absolute Gasteiger partial charge is 0.335 e. The van der Waals surface area contributed by atoms with Gasteiger partial charge < -0.3 is 4.90 Å². The molecule has 0 N–H and O–H groups in total. The fourth-order valence-corrected chi connectivity index (χ4v) is 1.75. The van der Waals surface area contributed by atoms with Gasteiger partial charge in [0.1, 0.15) is 0 Å². The van der Waals surface area contributed by atoms with Gasteiger partial charge in [-0.1, -0.05) is 0 Å². The third-order valence-electron chi connectivity index (χ3n) is 3.06. The van der Waals surface area contributed by atoms with Gasteiger partial charge in [-0.25, -0.2) is 4.98 Å². The highest BCUT2D eigenvalue weighted by Crippen LogP contribution is 2.19. The van der Waals surface area contributed by atoms with Gasteiger partial charge in [-0.05, 0) is 36.8 Å². The molecule has 0 aliphatic heterocycles. The van der Waals surface area contributed by atoms with Crippen LogP contribution in [-0.2, 0) is 0 Å². The predicted molar refractivity (Wildman–Crippen MR) is 68.9 cm³/mol. The van der Waals surface area contributed by atoms with Crippen molar-refractivity contribution in [1.82, 2.24) is 14.9 Å². The highest BCUT2D eigenvalue weighted by atomic mass is 19.1. The van der Waals surface area contributed by atoms with Gasteiger partial charge in [-0.3, -0.25) is 9.78 Å². The van der Waals surface area contributed by atoms with Crippen molar-refractivity contribution in [3.63, 3.8) is 0 Å². The van der Waals surface area contributed by atoms with E-state index in [2.05, 4.69) is 9.97 Å². The van der Waals surface area contributed by atoms with E-state index in [0.29, 0.717) is 5.56 Å². The van der Waals surface area contributed by atoms with Crippen LogP contribution >= 0.6 is 0 Å². The molecule has 2 heterocycles. The molecule has 0 aromatic carbocycles. The van der Waals surface area contributed by atoms with Gasteiger partial charge in [-0.15, -0.1) is 0 Å². The van der Waals surface area contributed by atoms with Crippen LogP contribution in [0.25, 0.3) is 0 Å². The normalized spacial score (nSPS) is 11.9. The van der Waals surface area contributed by atoms with Crippen LogP contribution in [-0.4, -0.2) is 27.8 Å². The van der Waals surface area contributed by atoms with Crippen molar-refractivity contribution >= 4 is 5.91 Å². The number of carbonyl (C=O) groups is 1. The van der Waals surface area contributed by atoms with Crippen molar-refractivity contribution in [2.24, 2.45) is 0 Å². The zero-order valence-corrected chi connectivity index (χ0v) is 10.7. The van der Waals surface area contributed by atoms with E-state index in [1.54, 1.807) is 24.3 Å². The van der Waals surface area contributed by atoms with Gasteiger partial charge in [0.05, 0.1) is 11.6 Å². The summed E-state index contributed by atoms with van der Waals surface area (Å²) in [4.78, 5) is 21.2. The molecule has 1 amide bonds. The first-order valence-corrected chi connectivity index (χ1v) is 5.88. The zero-order chi connectivity index (χ0) is 13.8. The van der Waals surface area contributed by atoms with E-state index in [1.165, 1.54) is 18.3 Å². The number of amides is 1. The Balaban J connectivity index is 2.17. The van der Waals surface area contributed by atoms with Crippen LogP contribution < -0.4 is 0 Å². The molecule has 1 unspecified atom stereocenters. The summed E-state index contributed by atoms with van der Waals surface area (Å²) in [6, 6.07) is 6.23. The number of hydrogen-bond donors (Lipinski definition) is 0. The second-order valence-corrected chi connectivity index (χ2v) is 4.24. The minimum atomic E-state index is -0.596. The lowest BCUT2D eigenvalue weighted by Gasteiger charge is -2.25. The van der Waals surface area contributed by atoms with E-state index in [1.807, 2.05) is 19.1 Å². The fourth-order valence-electron chi connectivity index (χ4n) is 1.75. The van der Waals surface area contributed by atoms with E-state index in [4.69, 9.17) is 0 Å². The summed E-state index contributed by atoms with van der Waals surface area (Å²) in [6.45, 7) is 1.92. The lowest BCUT2D eigenvalue weighted by molar-refractivity contribution is 0.0742. The average molecular weight is 259 g/mol. The molecule has 0 fully saturated rings. The Labute approximate surface area is 110 Å². The molecule has 0 saturated heterocycles. The molecule has 0 radical (unpaired) electrons. The van der Waals surface area contributed by atoms with E-state index in [-0.39, 0.29) is 11.9 Å². The number of carbonyl (C=O) groups excluding carboxylic acids is 1. The van der Waals surface area contributed by atoms with Gasteiger partial charge in [0.15, 0.2) is 0 Å². The van der Waals surface area contributed by atoms with Gasteiger partial charge >= 0.3 is 0 Å². The van der Waals surface area contributed by atoms with E-state index < -0.39 is 5.95 Å². The highest BCUT2D eigenvalue weighted by molar-refractivity contribution is 5.93. The maximum absolute atomic E-state index is 12.7. The molecular formula is C14H14FN3O. The van der Waals surface area contributed by atoms with Gasteiger partial charge in [0.2, 0.25) is 5.95 Å². The maximum atomic E-state index is 12.7. The first kappa shape index (κ1) is 13.1. The number of rotatable bonds is 3. The number of hydrogen-bond acceptors (Lipinski definition) is 3. The molecule has 0 spiro atoms. The monoisotopic (exact) mass is 259 g/mol. The second-order valence-electron chi connectivity index (χ2n) is 4.24. The van der Waals surface area contributed by atoms with Crippen molar-refractivity contribution in [2.45, 2.75) is 13.0 Å². The SMILES string of the molecule is CC(c1ccncc1)N(C)C(=O)c1ccc(F)nc1. The Kier molecular flexibility index (Phi) is 3.85. The number of pyridine rings is 2. The average Bonchev–Trinajstić information content (AvgIpc) is 2.46. The van der Waals surface area contributed by atoms with Crippen molar-refractivity contribution < 1.29 is 9.18 Å². The molecule has 2 aromatic rings. The van der Waals surface area contributed by atoms with Crippen LogP contribution in [0.2, 0.25) is 0 Å². The summed E-state index contributed by atoms with van der Waals surface area (Å²) in [5.74, 6) is -0.793. The maximum Gasteiger partial charge on any atom is 0.255 e. The second kappa shape index (κ2) is 5.56. The molecule has 19 heavy (non-hydrogen) atoms. The van der Waals surface area contributed by atoms with Crippen molar-refractivity contribution in [2.75, 3.05) is 7.05 Å². The number of aromatic nitrogens is 2. The first-order chi connectivity index (χ1) is 9.09. The third kappa shape index (κ3) is 2.93. The Hall–Kier alpha value is -2.30. The Morgan fingerprint density at radius 2 is 1.95 bits per heavy atom. The Morgan fingerprint density at radius 3 is 2.53 bits per heavy atom. The summed E-state index contributed by atoms with van der Waals surface area (Å²) in [5.41, 5.74) is 1.35. The van der Waals surface area contributed by atoms with Crippen molar-refractivity contribution in [3.05, 3.63) is 59.9 Å². The molecule has 4 nitrogen and oxygen atoms in total. The van der Waals surface area contributed by atoms with Crippen LogP contribution in [0, 0.1) is 5.95 Å². The van der Waals surface area contributed by atoms with Crippen molar-refractivity contribution in [3.8, 4) is 0 Å². The summed E-state index contributed by atoms with van der Waals surface area (Å²) >= 11 is 0. The molecular weight excluding hydrogens is 245 g/mol. The smallest absolute Gasteiger partial charge is 0.255 e. The van der Waals surface area contributed by atoms with E-state index in [0.717, 1.165) is 5.56 Å². The van der Waals surface area contributed by atoms with Gasteiger partial charge in [0.25, 0.3) is 5.91 Å². The minimum absolute atomic E-state index is 0.0967. The molecule has 0 saturated carbocycles. The standard InChI is InChI=1S/C14H14FN3O/c1-10(11-5-7-16-8-6-11)18(2)14(19)12-3-4-13(15)17-9-12/h3-10H,1-2H3. The quantitative estimate of drug-likeness (QED) is 0.795. The zero-order valence-electron chi connectivity index (χ0n) is 10.7.